The zero-order chi connectivity index (χ0) is 10.8. The highest BCUT2D eigenvalue weighted by Gasteiger charge is 2.12. The lowest BCUT2D eigenvalue weighted by Crippen LogP contribution is -2.30. The van der Waals surface area contributed by atoms with Gasteiger partial charge in [-0.2, -0.15) is 0 Å². The van der Waals surface area contributed by atoms with Gasteiger partial charge >= 0.3 is 0 Å². The van der Waals surface area contributed by atoms with Crippen molar-refractivity contribution in [2.75, 3.05) is 6.54 Å². The number of nitrogens with one attached hydrogen (secondary N) is 1. The number of unbranched alkanes of at least 4 members (excludes halogenated alkanes) is 1. The summed E-state index contributed by atoms with van der Waals surface area (Å²) in [4.78, 5) is 0. The Balaban J connectivity index is 3.75. The molecule has 0 aromatic rings. The molecule has 0 fully saturated rings. The zero-order valence-electron chi connectivity index (χ0n) is 10.6. The maximum Gasteiger partial charge on any atom is 0.00669 e. The Bertz CT molecular complexity index is 112. The minimum atomic E-state index is 0.752. The molecule has 1 nitrogen and oxygen atoms in total. The average Bonchev–Trinajstić information content (AvgIpc) is 2.22. The first kappa shape index (κ1) is 14.0. The molecule has 0 bridgehead atoms. The monoisotopic (exact) mass is 199 g/mol. The molecule has 0 saturated carbocycles. The molecular formula is C13H29N. The summed E-state index contributed by atoms with van der Waals surface area (Å²) in [6, 6.07) is 0.752. The third-order valence-electron chi connectivity index (χ3n) is 3.15. The molecule has 1 heteroatoms. The molecule has 0 aliphatic carbocycles. The Morgan fingerprint density at radius 1 is 1.00 bits per heavy atom. The maximum atomic E-state index is 3.57. The molecule has 0 aliphatic heterocycles. The fourth-order valence-electron chi connectivity index (χ4n) is 2.07. The van der Waals surface area contributed by atoms with E-state index in [9.17, 15) is 0 Å². The average molecular weight is 199 g/mol. The van der Waals surface area contributed by atoms with Gasteiger partial charge in [0.1, 0.15) is 0 Å². The Kier molecular flexibility index (Phi) is 9.49. The van der Waals surface area contributed by atoms with Crippen molar-refractivity contribution in [3.8, 4) is 0 Å². The van der Waals surface area contributed by atoms with Gasteiger partial charge in [0, 0.05) is 6.04 Å². The van der Waals surface area contributed by atoms with E-state index in [2.05, 4.69) is 33.0 Å². The minimum absolute atomic E-state index is 0.752. The van der Waals surface area contributed by atoms with Gasteiger partial charge < -0.3 is 5.32 Å². The van der Waals surface area contributed by atoms with Crippen LogP contribution in [0.4, 0.5) is 0 Å². The van der Waals surface area contributed by atoms with Gasteiger partial charge in [0.15, 0.2) is 0 Å². The van der Waals surface area contributed by atoms with Crippen molar-refractivity contribution < 1.29 is 0 Å². The lowest BCUT2D eigenvalue weighted by atomic mass is 9.91. The number of hydrogen-bond donors (Lipinski definition) is 1. The van der Waals surface area contributed by atoms with E-state index < -0.39 is 0 Å². The summed E-state index contributed by atoms with van der Waals surface area (Å²) in [6.45, 7) is 10.2. The van der Waals surface area contributed by atoms with Crippen LogP contribution < -0.4 is 5.32 Å². The lowest BCUT2D eigenvalue weighted by Gasteiger charge is -2.22. The number of rotatable bonds is 9. The van der Waals surface area contributed by atoms with Gasteiger partial charge in [0.2, 0.25) is 0 Å². The van der Waals surface area contributed by atoms with Crippen molar-refractivity contribution in [1.82, 2.24) is 5.32 Å². The van der Waals surface area contributed by atoms with Gasteiger partial charge in [-0.25, -0.2) is 0 Å². The predicted molar refractivity (Wildman–Crippen MR) is 65.7 cm³/mol. The Morgan fingerprint density at radius 2 is 1.71 bits per heavy atom. The molecule has 0 radical (unpaired) electrons. The van der Waals surface area contributed by atoms with Crippen LogP contribution in [-0.2, 0) is 0 Å². The third-order valence-corrected chi connectivity index (χ3v) is 3.15. The first-order valence-electron chi connectivity index (χ1n) is 6.51. The van der Waals surface area contributed by atoms with Crippen molar-refractivity contribution in [2.24, 2.45) is 5.92 Å². The van der Waals surface area contributed by atoms with Crippen LogP contribution >= 0.6 is 0 Å². The van der Waals surface area contributed by atoms with Crippen LogP contribution in [0, 0.1) is 5.92 Å². The fraction of sp³-hybridized carbons (Fsp3) is 1.00. The molecule has 0 amide bonds. The second kappa shape index (κ2) is 9.51. The van der Waals surface area contributed by atoms with Gasteiger partial charge in [-0.3, -0.25) is 0 Å². The summed E-state index contributed by atoms with van der Waals surface area (Å²) in [7, 11) is 0. The lowest BCUT2D eigenvalue weighted by molar-refractivity contribution is 0.346. The van der Waals surface area contributed by atoms with Gasteiger partial charge in [0.25, 0.3) is 0 Å². The zero-order valence-corrected chi connectivity index (χ0v) is 10.6. The molecule has 14 heavy (non-hydrogen) atoms. The smallest absolute Gasteiger partial charge is 0.00669 e. The van der Waals surface area contributed by atoms with E-state index in [0.717, 1.165) is 18.5 Å². The Morgan fingerprint density at radius 3 is 2.14 bits per heavy atom. The van der Waals surface area contributed by atoms with Crippen molar-refractivity contribution in [2.45, 2.75) is 72.3 Å². The molecule has 0 spiro atoms. The highest BCUT2D eigenvalue weighted by molar-refractivity contribution is 4.69. The fourth-order valence-corrected chi connectivity index (χ4v) is 2.07. The summed E-state index contributed by atoms with van der Waals surface area (Å²) in [6.07, 6.45) is 8.17. The van der Waals surface area contributed by atoms with E-state index in [4.69, 9.17) is 0 Å². The van der Waals surface area contributed by atoms with Gasteiger partial charge in [-0.15, -0.1) is 0 Å². The van der Waals surface area contributed by atoms with Crippen LogP contribution in [0.5, 0.6) is 0 Å². The quantitative estimate of drug-likeness (QED) is 0.592. The SMILES string of the molecule is CCCCC(CC)CC(CC)NCC. The summed E-state index contributed by atoms with van der Waals surface area (Å²) in [5, 5.41) is 3.57. The minimum Gasteiger partial charge on any atom is -0.314 e. The van der Waals surface area contributed by atoms with E-state index in [0.29, 0.717) is 0 Å². The van der Waals surface area contributed by atoms with E-state index in [1.54, 1.807) is 0 Å². The predicted octanol–water partition coefficient (Wildman–Crippen LogP) is 3.98. The molecule has 0 aliphatic rings. The van der Waals surface area contributed by atoms with Crippen LogP contribution in [0.1, 0.15) is 66.2 Å². The summed E-state index contributed by atoms with van der Waals surface area (Å²) < 4.78 is 0. The molecule has 2 atom stereocenters. The third kappa shape index (κ3) is 6.42. The van der Waals surface area contributed by atoms with E-state index in [-0.39, 0.29) is 0 Å². The van der Waals surface area contributed by atoms with Crippen molar-refractivity contribution >= 4 is 0 Å². The topological polar surface area (TPSA) is 12.0 Å². The van der Waals surface area contributed by atoms with E-state index >= 15 is 0 Å². The highest BCUT2D eigenvalue weighted by atomic mass is 14.9. The highest BCUT2D eigenvalue weighted by Crippen LogP contribution is 2.19. The van der Waals surface area contributed by atoms with Crippen LogP contribution in [0.25, 0.3) is 0 Å². The second-order valence-corrected chi connectivity index (χ2v) is 4.32. The van der Waals surface area contributed by atoms with Gasteiger partial charge in [-0.1, -0.05) is 53.4 Å². The van der Waals surface area contributed by atoms with Gasteiger partial charge in [0.05, 0.1) is 0 Å². The Hall–Kier alpha value is -0.0400. The first-order valence-corrected chi connectivity index (χ1v) is 6.51. The Labute approximate surface area is 90.7 Å². The molecule has 0 aromatic carbocycles. The van der Waals surface area contributed by atoms with Crippen LogP contribution in [0.2, 0.25) is 0 Å². The summed E-state index contributed by atoms with van der Waals surface area (Å²) in [5.41, 5.74) is 0. The molecule has 0 rings (SSSR count). The molecule has 0 heterocycles. The first-order chi connectivity index (χ1) is 6.78. The van der Waals surface area contributed by atoms with Crippen molar-refractivity contribution in [3.05, 3.63) is 0 Å². The van der Waals surface area contributed by atoms with Crippen molar-refractivity contribution in [3.63, 3.8) is 0 Å². The standard InChI is InChI=1S/C13H29N/c1-5-9-10-12(6-2)11-13(7-3)14-8-4/h12-14H,5-11H2,1-4H3. The molecule has 86 valence electrons. The molecule has 0 aromatic heterocycles. The van der Waals surface area contributed by atoms with E-state index in [1.807, 2.05) is 0 Å². The van der Waals surface area contributed by atoms with Crippen LogP contribution in [0.15, 0.2) is 0 Å². The van der Waals surface area contributed by atoms with Crippen molar-refractivity contribution in [1.29, 1.82) is 0 Å². The maximum absolute atomic E-state index is 3.57. The van der Waals surface area contributed by atoms with Crippen LogP contribution in [0.3, 0.4) is 0 Å². The molecule has 0 saturated heterocycles. The number of hydrogen-bond acceptors (Lipinski definition) is 1. The molecule has 2 unspecified atom stereocenters. The normalized spacial score (nSPS) is 15.4. The molecule has 1 N–H and O–H groups in total. The second-order valence-electron chi connectivity index (χ2n) is 4.32. The summed E-state index contributed by atoms with van der Waals surface area (Å²) in [5.74, 6) is 0.943. The molecular weight excluding hydrogens is 170 g/mol. The van der Waals surface area contributed by atoms with E-state index in [1.165, 1.54) is 38.5 Å². The summed E-state index contributed by atoms with van der Waals surface area (Å²) >= 11 is 0. The van der Waals surface area contributed by atoms with Gasteiger partial charge in [-0.05, 0) is 25.3 Å². The largest absolute Gasteiger partial charge is 0.314 e. The van der Waals surface area contributed by atoms with Crippen LogP contribution in [-0.4, -0.2) is 12.6 Å².